The van der Waals surface area contributed by atoms with E-state index in [2.05, 4.69) is 5.32 Å². The van der Waals surface area contributed by atoms with E-state index in [0.717, 1.165) is 16.8 Å². The molecule has 5 rings (SSSR count). The van der Waals surface area contributed by atoms with Crippen LogP contribution in [-0.4, -0.2) is 17.5 Å². The first-order valence-corrected chi connectivity index (χ1v) is 7.39. The lowest BCUT2D eigenvalue weighted by Crippen LogP contribution is -2.59. The number of hydrogen-bond donors (Lipinski definition) is 1. The molecule has 22 heavy (non-hydrogen) atoms. The second-order valence-electron chi connectivity index (χ2n) is 6.25. The van der Waals surface area contributed by atoms with E-state index in [1.807, 2.05) is 48.5 Å². The smallest absolute Gasteiger partial charge is 0.309 e. The molecule has 2 heterocycles. The third-order valence-corrected chi connectivity index (χ3v) is 5.21. The molecule has 0 amide bonds. The van der Waals surface area contributed by atoms with Gasteiger partial charge in [0.25, 0.3) is 5.72 Å². The van der Waals surface area contributed by atoms with Crippen molar-refractivity contribution in [3.63, 3.8) is 0 Å². The minimum Gasteiger partial charge on any atom is -0.430 e. The van der Waals surface area contributed by atoms with Gasteiger partial charge in [0.15, 0.2) is 0 Å². The van der Waals surface area contributed by atoms with Crippen molar-refractivity contribution >= 4 is 17.4 Å². The van der Waals surface area contributed by atoms with E-state index >= 15 is 0 Å². The molecule has 3 aliphatic rings. The zero-order chi connectivity index (χ0) is 14.9. The fourth-order valence-corrected chi connectivity index (χ4v) is 4.32. The van der Waals surface area contributed by atoms with Gasteiger partial charge in [0.05, 0.1) is 11.8 Å². The van der Waals surface area contributed by atoms with Crippen molar-refractivity contribution in [1.29, 1.82) is 0 Å². The number of carbonyl (C=O) groups is 2. The van der Waals surface area contributed by atoms with Crippen molar-refractivity contribution in [1.82, 2.24) is 0 Å². The summed E-state index contributed by atoms with van der Waals surface area (Å²) in [5.74, 6) is -0.459. The predicted octanol–water partition coefficient (Wildman–Crippen LogP) is 2.43. The summed E-state index contributed by atoms with van der Waals surface area (Å²) in [6, 6.07) is 15.4. The molecule has 4 heteroatoms. The van der Waals surface area contributed by atoms with Gasteiger partial charge in [-0.2, -0.15) is 0 Å². The summed E-state index contributed by atoms with van der Waals surface area (Å²) in [5.41, 5.74) is 1.61. The molecule has 1 N–H and O–H groups in total. The monoisotopic (exact) mass is 291 g/mol. The van der Waals surface area contributed by atoms with Crippen LogP contribution in [0.5, 0.6) is 0 Å². The lowest BCUT2D eigenvalue weighted by Gasteiger charge is -2.40. The summed E-state index contributed by atoms with van der Waals surface area (Å²) < 4.78 is 5.62. The topological polar surface area (TPSA) is 55.4 Å². The number of para-hydroxylation sites is 1. The number of benzene rings is 2. The van der Waals surface area contributed by atoms with Crippen molar-refractivity contribution in [2.24, 2.45) is 0 Å². The van der Waals surface area contributed by atoms with Crippen LogP contribution in [0, 0.1) is 0 Å². The maximum Gasteiger partial charge on any atom is 0.309 e. The third-order valence-electron chi connectivity index (χ3n) is 5.21. The first-order chi connectivity index (χ1) is 10.7. The van der Waals surface area contributed by atoms with Gasteiger partial charge < -0.3 is 10.1 Å². The van der Waals surface area contributed by atoms with Crippen LogP contribution in [0.2, 0.25) is 0 Å². The van der Waals surface area contributed by atoms with Crippen LogP contribution in [0.25, 0.3) is 0 Å². The molecule has 1 fully saturated rings. The van der Waals surface area contributed by atoms with Crippen LogP contribution in [0.3, 0.4) is 0 Å². The molecule has 2 atom stereocenters. The highest BCUT2D eigenvalue weighted by Crippen LogP contribution is 2.59. The molecule has 2 aromatic carbocycles. The lowest BCUT2D eigenvalue weighted by molar-refractivity contribution is -0.144. The van der Waals surface area contributed by atoms with Crippen LogP contribution in [0.4, 0.5) is 5.69 Å². The molecule has 1 saturated heterocycles. The number of ketones is 1. The van der Waals surface area contributed by atoms with Crippen LogP contribution >= 0.6 is 0 Å². The summed E-state index contributed by atoms with van der Waals surface area (Å²) in [4.78, 5) is 25.3. The minimum atomic E-state index is -1.28. The second kappa shape index (κ2) is 3.58. The Morgan fingerprint density at radius 2 is 1.73 bits per heavy atom. The Hall–Kier alpha value is -2.62. The van der Waals surface area contributed by atoms with Gasteiger partial charge in [0.2, 0.25) is 5.78 Å². The van der Waals surface area contributed by atoms with Crippen LogP contribution in [0.1, 0.15) is 27.9 Å². The Labute approximate surface area is 127 Å². The average Bonchev–Trinajstić information content (AvgIpc) is 2.95. The SMILES string of the molecule is O=C1CC23Cc4ccccc4C(=O)C2(Nc2ccccc23)O1. The standard InChI is InChI=1S/C18H13NO3/c20-15-10-17-9-11-5-1-2-6-12(11)16(21)18(17,22-15)19-14-8-4-3-7-13(14)17/h1-8,19H,9-10H2. The third kappa shape index (κ3) is 1.13. The van der Waals surface area contributed by atoms with Gasteiger partial charge in [0, 0.05) is 11.3 Å². The summed E-state index contributed by atoms with van der Waals surface area (Å²) >= 11 is 0. The van der Waals surface area contributed by atoms with Crippen LogP contribution in [0.15, 0.2) is 48.5 Å². The Bertz CT molecular complexity index is 859. The van der Waals surface area contributed by atoms with Crippen LogP contribution < -0.4 is 5.32 Å². The highest BCUT2D eigenvalue weighted by atomic mass is 16.6. The molecular formula is C18H13NO3. The average molecular weight is 291 g/mol. The van der Waals surface area contributed by atoms with E-state index in [0.29, 0.717) is 12.0 Å². The van der Waals surface area contributed by atoms with Gasteiger partial charge in [-0.15, -0.1) is 0 Å². The van der Waals surface area contributed by atoms with Gasteiger partial charge in [-0.25, -0.2) is 0 Å². The number of anilines is 1. The van der Waals surface area contributed by atoms with Gasteiger partial charge in [-0.1, -0.05) is 42.5 Å². The predicted molar refractivity (Wildman–Crippen MR) is 79.7 cm³/mol. The Kier molecular flexibility index (Phi) is 1.95. The van der Waals surface area contributed by atoms with E-state index < -0.39 is 11.1 Å². The zero-order valence-corrected chi connectivity index (χ0v) is 11.8. The second-order valence-corrected chi connectivity index (χ2v) is 6.25. The molecule has 2 unspecified atom stereocenters. The largest absolute Gasteiger partial charge is 0.430 e. The van der Waals surface area contributed by atoms with Gasteiger partial charge in [0.1, 0.15) is 0 Å². The molecular weight excluding hydrogens is 278 g/mol. The van der Waals surface area contributed by atoms with Gasteiger partial charge in [-0.3, -0.25) is 9.59 Å². The summed E-state index contributed by atoms with van der Waals surface area (Å²) in [6.07, 6.45) is 0.863. The lowest BCUT2D eigenvalue weighted by atomic mass is 9.63. The molecule has 2 aromatic rings. The molecule has 108 valence electrons. The molecule has 0 bridgehead atoms. The maximum atomic E-state index is 13.2. The fraction of sp³-hybridized carbons (Fsp3) is 0.222. The number of nitrogens with one attached hydrogen (secondary N) is 1. The van der Waals surface area contributed by atoms with Crippen molar-refractivity contribution in [2.45, 2.75) is 24.0 Å². The Balaban J connectivity index is 1.85. The highest BCUT2D eigenvalue weighted by molar-refractivity contribution is 6.12. The molecule has 0 radical (unpaired) electrons. The number of rotatable bonds is 0. The number of Topliss-reactive ketones (excluding diaryl/α,β-unsaturated/α-hetero) is 1. The molecule has 2 aliphatic heterocycles. The first-order valence-electron chi connectivity index (χ1n) is 7.39. The molecule has 0 spiro atoms. The number of carbonyl (C=O) groups excluding carboxylic acids is 2. The first kappa shape index (κ1) is 12.0. The Morgan fingerprint density at radius 1 is 0.955 bits per heavy atom. The van der Waals surface area contributed by atoms with Crippen molar-refractivity contribution in [3.8, 4) is 0 Å². The fourth-order valence-electron chi connectivity index (χ4n) is 4.32. The number of hydrogen-bond acceptors (Lipinski definition) is 4. The normalized spacial score (nSPS) is 30.7. The van der Waals surface area contributed by atoms with E-state index in [9.17, 15) is 9.59 Å². The van der Waals surface area contributed by atoms with Crippen molar-refractivity contribution < 1.29 is 14.3 Å². The highest BCUT2D eigenvalue weighted by Gasteiger charge is 2.71. The number of esters is 1. The van der Waals surface area contributed by atoms with Crippen molar-refractivity contribution in [3.05, 3.63) is 65.2 Å². The van der Waals surface area contributed by atoms with Gasteiger partial charge >= 0.3 is 5.97 Å². The van der Waals surface area contributed by atoms with Gasteiger partial charge in [-0.05, 0) is 23.6 Å². The minimum absolute atomic E-state index is 0.142. The quantitative estimate of drug-likeness (QED) is 0.757. The van der Waals surface area contributed by atoms with Crippen molar-refractivity contribution in [2.75, 3.05) is 5.32 Å². The summed E-state index contributed by atoms with van der Waals surface area (Å²) in [5, 5.41) is 3.23. The number of ether oxygens (including phenoxy) is 1. The summed E-state index contributed by atoms with van der Waals surface area (Å²) in [6.45, 7) is 0. The zero-order valence-electron chi connectivity index (χ0n) is 11.8. The van der Waals surface area contributed by atoms with E-state index in [-0.39, 0.29) is 18.2 Å². The molecule has 0 saturated carbocycles. The Morgan fingerprint density at radius 3 is 2.64 bits per heavy atom. The van der Waals surface area contributed by atoms with Crippen LogP contribution in [-0.2, 0) is 21.4 Å². The maximum absolute atomic E-state index is 13.2. The molecule has 0 aromatic heterocycles. The van der Waals surface area contributed by atoms with E-state index in [4.69, 9.17) is 4.74 Å². The van der Waals surface area contributed by atoms with E-state index in [1.54, 1.807) is 0 Å². The number of fused-ring (bicyclic) bond motifs is 2. The molecule has 4 nitrogen and oxygen atoms in total. The van der Waals surface area contributed by atoms with E-state index in [1.165, 1.54) is 0 Å². The molecule has 1 aliphatic carbocycles. The summed E-state index contributed by atoms with van der Waals surface area (Å²) in [7, 11) is 0.